The lowest BCUT2D eigenvalue weighted by molar-refractivity contribution is -0.143. The minimum absolute atomic E-state index is 0.00530. The molecule has 0 unspecified atom stereocenters. The number of ether oxygens (including phenoxy) is 2. The van der Waals surface area contributed by atoms with Crippen LogP contribution >= 0.6 is 0 Å². The third-order valence-corrected chi connectivity index (χ3v) is 5.20. The van der Waals surface area contributed by atoms with Crippen molar-refractivity contribution in [3.63, 3.8) is 0 Å². The van der Waals surface area contributed by atoms with Crippen molar-refractivity contribution in [2.75, 3.05) is 20.3 Å². The van der Waals surface area contributed by atoms with Gasteiger partial charge in [0.25, 0.3) is 0 Å². The number of aliphatic hydroxyl groups excluding tert-OH is 1. The van der Waals surface area contributed by atoms with Gasteiger partial charge in [-0.1, -0.05) is 31.0 Å². The van der Waals surface area contributed by atoms with Crippen molar-refractivity contribution in [3.05, 3.63) is 29.8 Å². The standard InChI is InChI=1S/C19H25NO5/c1-24-16-7-3-2-6-14(16)12-25-13-15(21)11-20-17(22)10-19(18(20)23)8-4-5-9-19/h2-3,6-7,15,21H,4-5,8-13H2,1H3/t15-/m0/s1. The molecule has 1 N–H and O–H groups in total. The van der Waals surface area contributed by atoms with Gasteiger partial charge in [0.15, 0.2) is 0 Å². The lowest BCUT2D eigenvalue weighted by atomic mass is 9.84. The maximum Gasteiger partial charge on any atom is 0.235 e. The highest BCUT2D eigenvalue weighted by Gasteiger charge is 2.52. The maximum atomic E-state index is 12.6. The molecule has 1 saturated heterocycles. The van der Waals surface area contributed by atoms with E-state index in [2.05, 4.69) is 0 Å². The number of amides is 2. The molecule has 2 amide bonds. The zero-order valence-corrected chi connectivity index (χ0v) is 14.6. The van der Waals surface area contributed by atoms with Gasteiger partial charge < -0.3 is 14.6 Å². The Balaban J connectivity index is 1.50. The molecule has 1 aliphatic carbocycles. The highest BCUT2D eigenvalue weighted by Crippen LogP contribution is 2.46. The number of nitrogens with zero attached hydrogens (tertiary/aromatic N) is 1. The highest BCUT2D eigenvalue weighted by atomic mass is 16.5. The molecular formula is C19H25NO5. The number of imide groups is 1. The zero-order chi connectivity index (χ0) is 17.9. The van der Waals surface area contributed by atoms with Gasteiger partial charge in [-0.3, -0.25) is 14.5 Å². The lowest BCUT2D eigenvalue weighted by Crippen LogP contribution is -2.40. The molecule has 1 atom stereocenters. The van der Waals surface area contributed by atoms with Gasteiger partial charge in [0.2, 0.25) is 11.8 Å². The monoisotopic (exact) mass is 347 g/mol. The summed E-state index contributed by atoms with van der Waals surface area (Å²) in [6.07, 6.45) is 2.97. The summed E-state index contributed by atoms with van der Waals surface area (Å²) in [6, 6.07) is 7.50. The van der Waals surface area contributed by atoms with Crippen LogP contribution in [0.2, 0.25) is 0 Å². The van der Waals surface area contributed by atoms with Crippen LogP contribution in [0.15, 0.2) is 24.3 Å². The fourth-order valence-corrected chi connectivity index (χ4v) is 3.88. The van der Waals surface area contributed by atoms with Crippen LogP contribution in [0.4, 0.5) is 0 Å². The molecule has 0 aromatic heterocycles. The molecule has 0 bridgehead atoms. The topological polar surface area (TPSA) is 76.1 Å². The summed E-state index contributed by atoms with van der Waals surface area (Å²) in [5.41, 5.74) is 0.394. The van der Waals surface area contributed by atoms with Crippen molar-refractivity contribution < 1.29 is 24.2 Å². The number of carbonyl (C=O) groups excluding carboxylic acids is 2. The fourth-order valence-electron chi connectivity index (χ4n) is 3.88. The Kier molecular flexibility index (Phi) is 5.39. The van der Waals surface area contributed by atoms with Gasteiger partial charge in [0, 0.05) is 12.0 Å². The zero-order valence-electron chi connectivity index (χ0n) is 14.6. The van der Waals surface area contributed by atoms with E-state index in [0.717, 1.165) is 37.0 Å². The number of methoxy groups -OCH3 is 1. The fraction of sp³-hybridized carbons (Fsp3) is 0.579. The lowest BCUT2D eigenvalue weighted by Gasteiger charge is -2.22. The SMILES string of the molecule is COc1ccccc1COC[C@@H](O)CN1C(=O)CC2(CCCC2)C1=O. The van der Waals surface area contributed by atoms with Gasteiger partial charge in [0.1, 0.15) is 5.75 Å². The van der Waals surface area contributed by atoms with E-state index in [0.29, 0.717) is 13.0 Å². The summed E-state index contributed by atoms with van der Waals surface area (Å²) in [4.78, 5) is 26.0. The second-order valence-corrected chi connectivity index (χ2v) is 6.95. The van der Waals surface area contributed by atoms with Crippen LogP contribution in [0.1, 0.15) is 37.7 Å². The molecule has 1 heterocycles. The summed E-state index contributed by atoms with van der Waals surface area (Å²) < 4.78 is 10.8. The van der Waals surface area contributed by atoms with Crippen LogP contribution in [-0.4, -0.2) is 48.2 Å². The number of hydrogen-bond acceptors (Lipinski definition) is 5. The molecule has 1 aliphatic heterocycles. The van der Waals surface area contributed by atoms with Crippen LogP contribution in [0.3, 0.4) is 0 Å². The van der Waals surface area contributed by atoms with Crippen molar-refractivity contribution in [1.29, 1.82) is 0 Å². The summed E-state index contributed by atoms with van der Waals surface area (Å²) in [6.45, 7) is 0.361. The molecule has 1 saturated carbocycles. The molecular weight excluding hydrogens is 322 g/mol. The molecule has 6 nitrogen and oxygen atoms in total. The van der Waals surface area contributed by atoms with Crippen molar-refractivity contribution in [2.45, 2.75) is 44.8 Å². The Morgan fingerprint density at radius 1 is 1.24 bits per heavy atom. The highest BCUT2D eigenvalue weighted by molar-refractivity contribution is 6.06. The Labute approximate surface area is 147 Å². The number of para-hydroxylation sites is 1. The number of rotatable bonds is 7. The Morgan fingerprint density at radius 2 is 1.96 bits per heavy atom. The molecule has 136 valence electrons. The number of aliphatic hydroxyl groups is 1. The number of benzene rings is 1. The molecule has 2 aliphatic rings. The Hall–Kier alpha value is -1.92. The first-order valence-electron chi connectivity index (χ1n) is 8.78. The van der Waals surface area contributed by atoms with Gasteiger partial charge in [-0.05, 0) is 18.9 Å². The van der Waals surface area contributed by atoms with Crippen molar-refractivity contribution in [2.24, 2.45) is 5.41 Å². The van der Waals surface area contributed by atoms with Crippen LogP contribution in [0.25, 0.3) is 0 Å². The summed E-state index contributed by atoms with van der Waals surface area (Å²) in [5.74, 6) is 0.444. The molecule has 25 heavy (non-hydrogen) atoms. The summed E-state index contributed by atoms with van der Waals surface area (Å²) >= 11 is 0. The average Bonchev–Trinajstić information content (AvgIpc) is 3.16. The molecule has 6 heteroatoms. The minimum atomic E-state index is -0.890. The molecule has 2 fully saturated rings. The maximum absolute atomic E-state index is 12.6. The molecule has 1 spiro atoms. The molecule has 3 rings (SSSR count). The first kappa shape index (κ1) is 17.9. The molecule has 1 aromatic rings. The van der Waals surface area contributed by atoms with Gasteiger partial charge in [-0.2, -0.15) is 0 Å². The normalized spacial score (nSPS) is 20.5. The van der Waals surface area contributed by atoms with Gasteiger partial charge >= 0.3 is 0 Å². The molecule has 0 radical (unpaired) electrons. The van der Waals surface area contributed by atoms with E-state index >= 15 is 0 Å². The van der Waals surface area contributed by atoms with Gasteiger partial charge in [-0.25, -0.2) is 0 Å². The van der Waals surface area contributed by atoms with Crippen LogP contribution in [0, 0.1) is 5.41 Å². The van der Waals surface area contributed by atoms with E-state index in [1.807, 2.05) is 24.3 Å². The number of β-amino-alcohol motifs (C(OH)–C–C–N with tert-alkyl or cyclic N) is 1. The quantitative estimate of drug-likeness (QED) is 0.762. The Bertz CT molecular complexity index is 638. The van der Waals surface area contributed by atoms with Crippen LogP contribution in [-0.2, 0) is 20.9 Å². The summed E-state index contributed by atoms with van der Waals surface area (Å²) in [7, 11) is 1.59. The second-order valence-electron chi connectivity index (χ2n) is 6.95. The predicted octanol–water partition coefficient (Wildman–Crippen LogP) is 1.89. The van der Waals surface area contributed by atoms with Crippen LogP contribution in [0.5, 0.6) is 5.75 Å². The number of hydrogen-bond donors (Lipinski definition) is 1. The minimum Gasteiger partial charge on any atom is -0.496 e. The smallest absolute Gasteiger partial charge is 0.235 e. The van der Waals surface area contributed by atoms with E-state index in [9.17, 15) is 14.7 Å². The van der Waals surface area contributed by atoms with Gasteiger partial charge in [0.05, 0.1) is 38.4 Å². The van der Waals surface area contributed by atoms with Crippen molar-refractivity contribution in [1.82, 2.24) is 4.90 Å². The van der Waals surface area contributed by atoms with Crippen LogP contribution < -0.4 is 4.74 Å². The van der Waals surface area contributed by atoms with E-state index in [1.54, 1.807) is 7.11 Å². The van der Waals surface area contributed by atoms with E-state index in [4.69, 9.17) is 9.47 Å². The van der Waals surface area contributed by atoms with Gasteiger partial charge in [-0.15, -0.1) is 0 Å². The second kappa shape index (κ2) is 7.54. The predicted molar refractivity (Wildman–Crippen MR) is 90.9 cm³/mol. The first-order chi connectivity index (χ1) is 12.1. The third kappa shape index (κ3) is 3.70. The first-order valence-corrected chi connectivity index (χ1v) is 8.78. The third-order valence-electron chi connectivity index (χ3n) is 5.20. The van der Waals surface area contributed by atoms with E-state index in [-0.39, 0.29) is 25.0 Å². The van der Waals surface area contributed by atoms with E-state index in [1.165, 1.54) is 4.90 Å². The Morgan fingerprint density at radius 3 is 2.68 bits per heavy atom. The average molecular weight is 347 g/mol. The largest absolute Gasteiger partial charge is 0.496 e. The molecule has 1 aromatic carbocycles. The number of likely N-dealkylation sites (tertiary alicyclic amines) is 1. The van der Waals surface area contributed by atoms with E-state index < -0.39 is 11.5 Å². The summed E-state index contributed by atoms with van der Waals surface area (Å²) in [5, 5.41) is 10.2. The van der Waals surface area contributed by atoms with Crippen molar-refractivity contribution in [3.8, 4) is 5.75 Å². The number of carbonyl (C=O) groups is 2. The van der Waals surface area contributed by atoms with Crippen molar-refractivity contribution >= 4 is 11.8 Å².